The summed E-state index contributed by atoms with van der Waals surface area (Å²) in [5.74, 6) is 0.0148. The van der Waals surface area contributed by atoms with Gasteiger partial charge in [-0.2, -0.15) is 0 Å². The molecule has 0 saturated carbocycles. The molecule has 14 heavy (non-hydrogen) atoms. The molecule has 76 valence electrons. The lowest BCUT2D eigenvalue weighted by atomic mass is 10.0. The highest BCUT2D eigenvalue weighted by molar-refractivity contribution is 5.99. The quantitative estimate of drug-likeness (QED) is 0.573. The first-order valence-corrected chi connectivity index (χ1v) is 4.56. The number of Topliss-reactive ketones (excluding diaryl/α,β-unsaturated/α-hetero) is 1. The molecule has 0 aromatic heterocycles. The van der Waals surface area contributed by atoms with Gasteiger partial charge in [0.2, 0.25) is 0 Å². The second kappa shape index (κ2) is 4.13. The van der Waals surface area contributed by atoms with Crippen LogP contribution in [0, 0.1) is 5.92 Å². The average molecular weight is 194 g/mol. The van der Waals surface area contributed by atoms with Crippen LogP contribution >= 0.6 is 0 Å². The zero-order chi connectivity index (χ0) is 10.7. The van der Waals surface area contributed by atoms with E-state index in [1.807, 2.05) is 13.8 Å². The highest BCUT2D eigenvalue weighted by Crippen LogP contribution is 2.24. The highest BCUT2D eigenvalue weighted by atomic mass is 16.3. The zero-order valence-corrected chi connectivity index (χ0v) is 8.32. The maximum atomic E-state index is 11.6. The van der Waals surface area contributed by atoms with Crippen molar-refractivity contribution in [2.45, 2.75) is 20.3 Å². The summed E-state index contributed by atoms with van der Waals surface area (Å²) in [5, 5.41) is 18.5. The number of hydrogen-bond acceptors (Lipinski definition) is 3. The lowest BCUT2D eigenvalue weighted by Crippen LogP contribution is -2.03. The Morgan fingerprint density at radius 2 is 2.00 bits per heavy atom. The van der Waals surface area contributed by atoms with Gasteiger partial charge in [-0.05, 0) is 24.1 Å². The van der Waals surface area contributed by atoms with Crippen molar-refractivity contribution < 1.29 is 15.0 Å². The van der Waals surface area contributed by atoms with E-state index in [9.17, 15) is 9.90 Å². The number of carbonyl (C=O) groups is 1. The highest BCUT2D eigenvalue weighted by Gasteiger charge is 2.13. The first-order valence-electron chi connectivity index (χ1n) is 4.56. The number of carbonyl (C=O) groups excluding carboxylic acids is 1. The smallest absolute Gasteiger partial charge is 0.166 e. The molecule has 0 amide bonds. The number of benzene rings is 1. The molecule has 1 aromatic rings. The Bertz CT molecular complexity index is 342. The maximum absolute atomic E-state index is 11.6. The summed E-state index contributed by atoms with van der Waals surface area (Å²) in [6.07, 6.45) is 0.372. The number of aromatic hydroxyl groups is 2. The van der Waals surface area contributed by atoms with Crippen LogP contribution < -0.4 is 0 Å². The predicted octanol–water partition coefficient (Wildman–Crippen LogP) is 2.33. The summed E-state index contributed by atoms with van der Waals surface area (Å²) in [4.78, 5) is 11.6. The van der Waals surface area contributed by atoms with Crippen molar-refractivity contribution in [1.29, 1.82) is 0 Å². The van der Waals surface area contributed by atoms with Gasteiger partial charge in [0.1, 0.15) is 11.5 Å². The van der Waals surface area contributed by atoms with Crippen molar-refractivity contribution in [2.24, 2.45) is 5.92 Å². The van der Waals surface area contributed by atoms with E-state index < -0.39 is 0 Å². The molecule has 0 aliphatic rings. The number of rotatable bonds is 3. The standard InChI is InChI=1S/C11H14O3/c1-7(2)5-11(14)9-6-8(12)3-4-10(9)13/h3-4,6-7,12-13H,5H2,1-2H3. The Balaban J connectivity index is 2.94. The van der Waals surface area contributed by atoms with E-state index in [1.54, 1.807) is 0 Å². The third-order valence-electron chi connectivity index (χ3n) is 1.87. The van der Waals surface area contributed by atoms with E-state index in [1.165, 1.54) is 18.2 Å². The minimum Gasteiger partial charge on any atom is -0.508 e. The van der Waals surface area contributed by atoms with Gasteiger partial charge in [-0.25, -0.2) is 0 Å². The minimum atomic E-state index is -0.145. The molecule has 0 fully saturated rings. The lowest BCUT2D eigenvalue weighted by molar-refractivity contribution is 0.0965. The summed E-state index contributed by atoms with van der Waals surface area (Å²) in [5.41, 5.74) is 0.193. The Morgan fingerprint density at radius 3 is 2.57 bits per heavy atom. The third-order valence-corrected chi connectivity index (χ3v) is 1.87. The molecule has 1 rings (SSSR count). The van der Waals surface area contributed by atoms with Crippen LogP contribution in [0.4, 0.5) is 0 Å². The fourth-order valence-corrected chi connectivity index (χ4v) is 1.23. The van der Waals surface area contributed by atoms with Gasteiger partial charge in [-0.1, -0.05) is 13.8 Å². The van der Waals surface area contributed by atoms with Crippen LogP contribution in [-0.2, 0) is 0 Å². The average Bonchev–Trinajstić information content (AvgIpc) is 2.08. The van der Waals surface area contributed by atoms with Crippen molar-refractivity contribution in [3.8, 4) is 11.5 Å². The van der Waals surface area contributed by atoms with Crippen LogP contribution in [0.25, 0.3) is 0 Å². The SMILES string of the molecule is CC(C)CC(=O)c1cc(O)ccc1O. The zero-order valence-electron chi connectivity index (χ0n) is 8.32. The van der Waals surface area contributed by atoms with Crippen molar-refractivity contribution in [3.63, 3.8) is 0 Å². The molecule has 0 aliphatic heterocycles. The Labute approximate surface area is 83.0 Å². The third kappa shape index (κ3) is 2.49. The van der Waals surface area contributed by atoms with Crippen molar-refractivity contribution in [2.75, 3.05) is 0 Å². The van der Waals surface area contributed by atoms with E-state index in [0.717, 1.165) is 0 Å². The van der Waals surface area contributed by atoms with Gasteiger partial charge in [-0.15, -0.1) is 0 Å². The molecule has 0 saturated heterocycles. The Hall–Kier alpha value is -1.51. The van der Waals surface area contributed by atoms with Crippen molar-refractivity contribution in [3.05, 3.63) is 23.8 Å². The molecule has 3 heteroatoms. The summed E-state index contributed by atoms with van der Waals surface area (Å²) in [6, 6.07) is 3.96. The van der Waals surface area contributed by atoms with Crippen molar-refractivity contribution in [1.82, 2.24) is 0 Å². The van der Waals surface area contributed by atoms with Gasteiger partial charge in [0, 0.05) is 6.42 Å². The Morgan fingerprint density at radius 1 is 1.36 bits per heavy atom. The number of phenolic OH excluding ortho intramolecular Hbond substituents is 2. The Kier molecular flexibility index (Phi) is 3.12. The van der Waals surface area contributed by atoms with E-state index >= 15 is 0 Å². The summed E-state index contributed by atoms with van der Waals surface area (Å²) in [7, 11) is 0. The van der Waals surface area contributed by atoms with Gasteiger partial charge in [-0.3, -0.25) is 4.79 Å². The first kappa shape index (κ1) is 10.6. The van der Waals surface area contributed by atoms with Crippen LogP contribution in [-0.4, -0.2) is 16.0 Å². The number of ketones is 1. The van der Waals surface area contributed by atoms with Gasteiger partial charge in [0.05, 0.1) is 5.56 Å². The molecule has 0 heterocycles. The topological polar surface area (TPSA) is 57.5 Å². The summed E-state index contributed by atoms with van der Waals surface area (Å²) in [6.45, 7) is 3.86. The van der Waals surface area contributed by atoms with Crippen molar-refractivity contribution >= 4 is 5.78 Å². The minimum absolute atomic E-state index is 0.00472. The number of phenols is 2. The van der Waals surface area contributed by atoms with Gasteiger partial charge in [0.15, 0.2) is 5.78 Å². The van der Waals surface area contributed by atoms with Crippen LogP contribution in [0.15, 0.2) is 18.2 Å². The summed E-state index contributed by atoms with van der Waals surface area (Å²) >= 11 is 0. The molecule has 0 bridgehead atoms. The van der Waals surface area contributed by atoms with Crippen LogP contribution in [0.2, 0.25) is 0 Å². The van der Waals surface area contributed by atoms with Crippen LogP contribution in [0.5, 0.6) is 11.5 Å². The van der Waals surface area contributed by atoms with E-state index in [0.29, 0.717) is 6.42 Å². The molecule has 0 spiro atoms. The van der Waals surface area contributed by atoms with E-state index in [2.05, 4.69) is 0 Å². The normalized spacial score (nSPS) is 10.5. The lowest BCUT2D eigenvalue weighted by Gasteiger charge is -2.06. The fourth-order valence-electron chi connectivity index (χ4n) is 1.23. The molecular formula is C11H14O3. The van der Waals surface area contributed by atoms with E-state index in [4.69, 9.17) is 5.11 Å². The van der Waals surface area contributed by atoms with Gasteiger partial charge < -0.3 is 10.2 Å². The van der Waals surface area contributed by atoms with Crippen LogP contribution in [0.3, 0.4) is 0 Å². The van der Waals surface area contributed by atoms with Crippen LogP contribution in [0.1, 0.15) is 30.6 Å². The molecular weight excluding hydrogens is 180 g/mol. The summed E-state index contributed by atoms with van der Waals surface area (Å²) < 4.78 is 0. The molecule has 1 aromatic carbocycles. The maximum Gasteiger partial charge on any atom is 0.166 e. The van der Waals surface area contributed by atoms with E-state index in [-0.39, 0.29) is 28.8 Å². The van der Waals surface area contributed by atoms with Gasteiger partial charge >= 0.3 is 0 Å². The molecule has 0 radical (unpaired) electrons. The molecule has 0 atom stereocenters. The van der Waals surface area contributed by atoms with Gasteiger partial charge in [0.25, 0.3) is 0 Å². The molecule has 2 N–H and O–H groups in total. The first-order chi connectivity index (χ1) is 6.50. The second-order valence-corrected chi connectivity index (χ2v) is 3.72. The molecule has 0 aliphatic carbocycles. The monoisotopic (exact) mass is 194 g/mol. The number of hydrogen-bond donors (Lipinski definition) is 2. The largest absolute Gasteiger partial charge is 0.508 e. The second-order valence-electron chi connectivity index (χ2n) is 3.72. The predicted molar refractivity (Wildman–Crippen MR) is 53.6 cm³/mol. The molecule has 0 unspecified atom stereocenters. The molecule has 3 nitrogen and oxygen atoms in total. The fraction of sp³-hybridized carbons (Fsp3) is 0.364.